The van der Waals surface area contributed by atoms with Gasteiger partial charge in [-0.25, -0.2) is 0 Å². The smallest absolute Gasteiger partial charge is 0.275 e. The molecule has 3 heterocycles. The maximum absolute atomic E-state index is 13.0. The molecule has 172 valence electrons. The van der Waals surface area contributed by atoms with E-state index in [1.807, 2.05) is 72.8 Å². The van der Waals surface area contributed by atoms with Gasteiger partial charge in [-0.05, 0) is 42.0 Å². The van der Waals surface area contributed by atoms with E-state index in [1.54, 1.807) is 24.1 Å². The standard InChI is InChI=1S/C28H21N3O4/c1-34-19-8-7-18-11-12-31(24(18)14-19)26-25(27(32)30-28(26)33)22-15-29-23-10-9-20(13-21(22)23)35-16-17-5-3-2-4-6-17/h2-15,29H,16H2,1H3,(H,30,32,33). The molecule has 7 nitrogen and oxygen atoms in total. The third-order valence-corrected chi connectivity index (χ3v) is 6.22. The van der Waals surface area contributed by atoms with E-state index in [1.165, 1.54) is 0 Å². The summed E-state index contributed by atoms with van der Waals surface area (Å²) < 4.78 is 13.1. The second-order valence-electron chi connectivity index (χ2n) is 8.30. The number of methoxy groups -OCH3 is 1. The number of ether oxygens (including phenoxy) is 2. The molecule has 2 amide bonds. The van der Waals surface area contributed by atoms with Gasteiger partial charge in [-0.2, -0.15) is 0 Å². The van der Waals surface area contributed by atoms with Crippen LogP contribution in [0.1, 0.15) is 11.1 Å². The maximum Gasteiger partial charge on any atom is 0.275 e. The third-order valence-electron chi connectivity index (χ3n) is 6.22. The van der Waals surface area contributed by atoms with Crippen molar-refractivity contribution >= 4 is 44.9 Å². The van der Waals surface area contributed by atoms with E-state index in [4.69, 9.17) is 9.47 Å². The molecule has 0 saturated carbocycles. The number of imide groups is 1. The number of aromatic amines is 1. The topological polar surface area (TPSA) is 85.3 Å². The average Bonchev–Trinajstić information content (AvgIpc) is 3.57. The van der Waals surface area contributed by atoms with Crippen LogP contribution in [0.5, 0.6) is 11.5 Å². The second-order valence-corrected chi connectivity index (χ2v) is 8.30. The Morgan fingerprint density at radius 3 is 2.54 bits per heavy atom. The van der Waals surface area contributed by atoms with Crippen LogP contribution in [-0.2, 0) is 16.2 Å². The van der Waals surface area contributed by atoms with E-state index in [9.17, 15) is 9.59 Å². The molecule has 6 rings (SSSR count). The van der Waals surface area contributed by atoms with Crippen molar-refractivity contribution in [2.45, 2.75) is 6.61 Å². The van der Waals surface area contributed by atoms with Gasteiger partial charge in [-0.3, -0.25) is 14.9 Å². The highest BCUT2D eigenvalue weighted by molar-refractivity contribution is 6.47. The molecule has 0 saturated heterocycles. The number of benzene rings is 3. The van der Waals surface area contributed by atoms with Crippen LogP contribution in [0.2, 0.25) is 0 Å². The Bertz CT molecular complexity index is 1640. The fourth-order valence-electron chi connectivity index (χ4n) is 4.49. The van der Waals surface area contributed by atoms with Gasteiger partial charge in [0.2, 0.25) is 0 Å². The molecule has 0 fully saturated rings. The monoisotopic (exact) mass is 463 g/mol. The fraction of sp³-hybridized carbons (Fsp3) is 0.0714. The quantitative estimate of drug-likeness (QED) is 0.357. The summed E-state index contributed by atoms with van der Waals surface area (Å²) in [5, 5.41) is 4.19. The number of amides is 2. The van der Waals surface area contributed by atoms with E-state index in [0.717, 1.165) is 27.4 Å². The third kappa shape index (κ3) is 3.54. The molecule has 0 atom stereocenters. The van der Waals surface area contributed by atoms with Crippen LogP contribution >= 0.6 is 0 Å². The second kappa shape index (κ2) is 8.22. The van der Waals surface area contributed by atoms with Gasteiger partial charge in [0.15, 0.2) is 0 Å². The predicted octanol–water partition coefficient (Wildman–Crippen LogP) is 4.73. The highest BCUT2D eigenvalue weighted by atomic mass is 16.5. The Hall–Kier alpha value is -4.78. The number of carbonyl (C=O) groups excluding carboxylic acids is 2. The number of nitrogens with zero attached hydrogens (tertiary/aromatic N) is 1. The van der Waals surface area contributed by atoms with Gasteiger partial charge < -0.3 is 19.0 Å². The molecule has 1 aliphatic rings. The summed E-state index contributed by atoms with van der Waals surface area (Å²) in [6, 6.07) is 23.1. The number of carbonyl (C=O) groups is 2. The number of hydrogen-bond acceptors (Lipinski definition) is 4. The first-order chi connectivity index (χ1) is 17.1. The van der Waals surface area contributed by atoms with Crippen LogP contribution in [-0.4, -0.2) is 28.5 Å². The van der Waals surface area contributed by atoms with E-state index in [0.29, 0.717) is 29.2 Å². The van der Waals surface area contributed by atoms with Gasteiger partial charge in [-0.1, -0.05) is 30.3 Å². The maximum atomic E-state index is 13.0. The molecule has 0 unspecified atom stereocenters. The molecular weight excluding hydrogens is 442 g/mol. The first-order valence-corrected chi connectivity index (χ1v) is 11.2. The zero-order valence-corrected chi connectivity index (χ0v) is 18.9. The molecular formula is C28H21N3O4. The number of aromatic nitrogens is 2. The van der Waals surface area contributed by atoms with Crippen LogP contribution in [0, 0.1) is 0 Å². The minimum absolute atomic E-state index is 0.273. The van der Waals surface area contributed by atoms with Crippen molar-refractivity contribution in [1.82, 2.24) is 14.9 Å². The summed E-state index contributed by atoms with van der Waals surface area (Å²) in [7, 11) is 1.59. The van der Waals surface area contributed by atoms with Crippen molar-refractivity contribution in [3.05, 3.63) is 96.3 Å². The van der Waals surface area contributed by atoms with Crippen molar-refractivity contribution in [2.24, 2.45) is 0 Å². The number of fused-ring (bicyclic) bond motifs is 2. The van der Waals surface area contributed by atoms with Gasteiger partial charge in [-0.15, -0.1) is 0 Å². The molecule has 7 heteroatoms. The molecule has 0 bridgehead atoms. The van der Waals surface area contributed by atoms with Crippen LogP contribution in [0.4, 0.5) is 0 Å². The number of H-pyrrole nitrogens is 1. The lowest BCUT2D eigenvalue weighted by molar-refractivity contribution is -0.122. The lowest BCUT2D eigenvalue weighted by atomic mass is 10.0. The largest absolute Gasteiger partial charge is 0.497 e. The average molecular weight is 463 g/mol. The number of hydrogen-bond donors (Lipinski definition) is 2. The fourth-order valence-corrected chi connectivity index (χ4v) is 4.49. The molecule has 0 aliphatic carbocycles. The Morgan fingerprint density at radius 2 is 1.71 bits per heavy atom. The lowest BCUT2D eigenvalue weighted by Gasteiger charge is -2.09. The van der Waals surface area contributed by atoms with Crippen LogP contribution < -0.4 is 14.8 Å². The van der Waals surface area contributed by atoms with E-state index >= 15 is 0 Å². The minimum Gasteiger partial charge on any atom is -0.497 e. The molecule has 3 aromatic carbocycles. The molecule has 1 aliphatic heterocycles. The molecule has 0 spiro atoms. The van der Waals surface area contributed by atoms with Gasteiger partial charge in [0.05, 0.1) is 18.2 Å². The zero-order valence-electron chi connectivity index (χ0n) is 18.9. The summed E-state index contributed by atoms with van der Waals surface area (Å²) in [6.07, 6.45) is 3.55. The molecule has 0 radical (unpaired) electrons. The first-order valence-electron chi connectivity index (χ1n) is 11.2. The Balaban J connectivity index is 1.47. The van der Waals surface area contributed by atoms with Crippen LogP contribution in [0.25, 0.3) is 33.1 Å². The van der Waals surface area contributed by atoms with Crippen molar-refractivity contribution in [3.63, 3.8) is 0 Å². The van der Waals surface area contributed by atoms with Crippen LogP contribution in [0.15, 0.2) is 85.2 Å². The zero-order chi connectivity index (χ0) is 23.9. The Labute approximate surface area is 200 Å². The molecule has 2 aromatic heterocycles. The number of rotatable bonds is 6. The van der Waals surface area contributed by atoms with E-state index in [-0.39, 0.29) is 5.70 Å². The van der Waals surface area contributed by atoms with Crippen molar-refractivity contribution in [1.29, 1.82) is 0 Å². The van der Waals surface area contributed by atoms with Gasteiger partial charge in [0.25, 0.3) is 11.8 Å². The highest BCUT2D eigenvalue weighted by Crippen LogP contribution is 2.36. The summed E-state index contributed by atoms with van der Waals surface area (Å²) in [5.41, 5.74) is 3.88. The molecule has 35 heavy (non-hydrogen) atoms. The Morgan fingerprint density at radius 1 is 0.886 bits per heavy atom. The summed E-state index contributed by atoms with van der Waals surface area (Å²) >= 11 is 0. The molecule has 5 aromatic rings. The summed E-state index contributed by atoms with van der Waals surface area (Å²) in [4.78, 5) is 29.2. The highest BCUT2D eigenvalue weighted by Gasteiger charge is 2.34. The predicted molar refractivity (Wildman–Crippen MR) is 134 cm³/mol. The summed E-state index contributed by atoms with van der Waals surface area (Å²) in [6.45, 7) is 0.427. The number of nitrogens with one attached hydrogen (secondary N) is 2. The van der Waals surface area contributed by atoms with Crippen LogP contribution in [0.3, 0.4) is 0 Å². The van der Waals surface area contributed by atoms with Gasteiger partial charge in [0, 0.05) is 40.3 Å². The SMILES string of the molecule is COc1ccc2ccn(C3=C(c4c[nH]c5ccc(OCc6ccccc6)cc45)C(=O)NC3=O)c2c1. The van der Waals surface area contributed by atoms with Gasteiger partial charge in [0.1, 0.15) is 23.8 Å². The van der Waals surface area contributed by atoms with E-state index < -0.39 is 11.8 Å². The lowest BCUT2D eigenvalue weighted by Crippen LogP contribution is -2.23. The van der Waals surface area contributed by atoms with Gasteiger partial charge >= 0.3 is 0 Å². The summed E-state index contributed by atoms with van der Waals surface area (Å²) in [5.74, 6) is 0.448. The van der Waals surface area contributed by atoms with Crippen molar-refractivity contribution < 1.29 is 19.1 Å². The molecule has 2 N–H and O–H groups in total. The first kappa shape index (κ1) is 20.8. The minimum atomic E-state index is -0.448. The van der Waals surface area contributed by atoms with E-state index in [2.05, 4.69) is 10.3 Å². The normalized spacial score (nSPS) is 13.6. The van der Waals surface area contributed by atoms with Crippen molar-refractivity contribution in [3.8, 4) is 11.5 Å². The van der Waals surface area contributed by atoms with Crippen molar-refractivity contribution in [2.75, 3.05) is 7.11 Å². The Kier molecular flexibility index (Phi) is 4.88.